The highest BCUT2D eigenvalue weighted by atomic mass is 79.9. The van der Waals surface area contributed by atoms with Crippen molar-refractivity contribution in [3.63, 3.8) is 0 Å². The van der Waals surface area contributed by atoms with E-state index in [1.807, 2.05) is 20.2 Å². The van der Waals surface area contributed by atoms with Gasteiger partial charge in [0.15, 0.2) is 0 Å². The van der Waals surface area contributed by atoms with E-state index in [-0.39, 0.29) is 5.91 Å². The van der Waals surface area contributed by atoms with E-state index < -0.39 is 0 Å². The minimum absolute atomic E-state index is 0.128. The number of hydrogen-bond acceptors (Lipinski definition) is 3. The van der Waals surface area contributed by atoms with Gasteiger partial charge in [0.25, 0.3) is 5.91 Å². The zero-order chi connectivity index (χ0) is 14.7. The van der Waals surface area contributed by atoms with Crippen LogP contribution >= 0.6 is 15.9 Å². The first-order valence-electron chi connectivity index (χ1n) is 6.36. The summed E-state index contributed by atoms with van der Waals surface area (Å²) in [6.45, 7) is 2.52. The van der Waals surface area contributed by atoms with E-state index in [1.54, 1.807) is 22.9 Å². The van der Waals surface area contributed by atoms with Gasteiger partial charge in [-0.25, -0.2) is 0 Å². The zero-order valence-corrected chi connectivity index (χ0v) is 13.1. The van der Waals surface area contributed by atoms with E-state index in [1.165, 1.54) is 0 Å². The number of halogens is 1. The average molecular weight is 337 g/mol. The van der Waals surface area contributed by atoms with Crippen LogP contribution in [-0.2, 0) is 20.0 Å². The summed E-state index contributed by atoms with van der Waals surface area (Å²) in [5.74, 6) is -0.128. The van der Waals surface area contributed by atoms with E-state index in [0.29, 0.717) is 17.8 Å². The number of benzene rings is 1. The minimum Gasteiger partial charge on any atom is -0.398 e. The number of rotatable bonds is 4. The Morgan fingerprint density at radius 2 is 2.25 bits per heavy atom. The third-order valence-electron chi connectivity index (χ3n) is 3.03. The standard InChI is InChI=1S/C14H17BrN4O/c1-3-13-10(8-19(2)18-13)7-17-14(20)9-4-5-12(16)11(15)6-9/h4-6,8H,3,7,16H2,1-2H3,(H,17,20). The number of amides is 1. The maximum absolute atomic E-state index is 12.1. The lowest BCUT2D eigenvalue weighted by Gasteiger charge is -2.06. The molecule has 1 aromatic carbocycles. The van der Waals surface area contributed by atoms with Gasteiger partial charge >= 0.3 is 0 Å². The molecule has 0 atom stereocenters. The van der Waals surface area contributed by atoms with Crippen LogP contribution in [0.3, 0.4) is 0 Å². The molecule has 20 heavy (non-hydrogen) atoms. The Kier molecular flexibility index (Phi) is 4.44. The Balaban J connectivity index is 2.06. The van der Waals surface area contributed by atoms with Crippen LogP contribution in [0.25, 0.3) is 0 Å². The Hall–Kier alpha value is -1.82. The van der Waals surface area contributed by atoms with Gasteiger partial charge in [-0.1, -0.05) is 6.92 Å². The molecule has 106 valence electrons. The first-order chi connectivity index (χ1) is 9.51. The number of anilines is 1. The molecule has 0 aliphatic carbocycles. The molecule has 1 heterocycles. The first-order valence-corrected chi connectivity index (χ1v) is 7.15. The molecule has 2 aromatic rings. The van der Waals surface area contributed by atoms with Crippen LogP contribution < -0.4 is 11.1 Å². The van der Waals surface area contributed by atoms with Crippen molar-refractivity contribution in [1.82, 2.24) is 15.1 Å². The second kappa shape index (κ2) is 6.09. The highest BCUT2D eigenvalue weighted by Gasteiger charge is 2.10. The quantitative estimate of drug-likeness (QED) is 0.841. The van der Waals surface area contributed by atoms with Crippen LogP contribution in [0.4, 0.5) is 5.69 Å². The van der Waals surface area contributed by atoms with Crippen molar-refractivity contribution >= 4 is 27.5 Å². The van der Waals surface area contributed by atoms with Crippen LogP contribution in [0.5, 0.6) is 0 Å². The third kappa shape index (κ3) is 3.19. The smallest absolute Gasteiger partial charge is 0.251 e. The Bertz CT molecular complexity index is 636. The lowest BCUT2D eigenvalue weighted by atomic mass is 10.1. The van der Waals surface area contributed by atoms with Gasteiger partial charge < -0.3 is 11.1 Å². The number of aryl methyl sites for hydroxylation is 2. The molecule has 5 nitrogen and oxygen atoms in total. The number of nitrogens with zero attached hydrogens (tertiary/aromatic N) is 2. The van der Waals surface area contributed by atoms with Crippen molar-refractivity contribution in [2.75, 3.05) is 5.73 Å². The zero-order valence-electron chi connectivity index (χ0n) is 11.5. The summed E-state index contributed by atoms with van der Waals surface area (Å²) in [6, 6.07) is 5.13. The Labute approximate surface area is 126 Å². The van der Waals surface area contributed by atoms with Gasteiger partial charge in [-0.15, -0.1) is 0 Å². The fraction of sp³-hybridized carbons (Fsp3) is 0.286. The van der Waals surface area contributed by atoms with Crippen molar-refractivity contribution in [1.29, 1.82) is 0 Å². The summed E-state index contributed by atoms with van der Waals surface area (Å²) in [7, 11) is 1.88. The summed E-state index contributed by atoms with van der Waals surface area (Å²) in [4.78, 5) is 12.1. The molecule has 0 radical (unpaired) electrons. The summed E-state index contributed by atoms with van der Waals surface area (Å²) in [5, 5.41) is 7.24. The third-order valence-corrected chi connectivity index (χ3v) is 3.72. The van der Waals surface area contributed by atoms with Crippen molar-refractivity contribution in [3.8, 4) is 0 Å². The van der Waals surface area contributed by atoms with Gasteiger partial charge in [0.1, 0.15) is 0 Å². The maximum atomic E-state index is 12.1. The number of nitrogens with one attached hydrogen (secondary N) is 1. The number of carbonyl (C=O) groups excluding carboxylic acids is 1. The summed E-state index contributed by atoms with van der Waals surface area (Å²) in [6.07, 6.45) is 2.78. The molecular weight excluding hydrogens is 320 g/mol. The number of carbonyl (C=O) groups is 1. The molecule has 0 saturated heterocycles. The summed E-state index contributed by atoms with van der Waals surface area (Å²) >= 11 is 3.32. The monoisotopic (exact) mass is 336 g/mol. The fourth-order valence-electron chi connectivity index (χ4n) is 1.97. The summed E-state index contributed by atoms with van der Waals surface area (Å²) in [5.41, 5.74) is 8.94. The van der Waals surface area contributed by atoms with Crippen LogP contribution in [0.2, 0.25) is 0 Å². The number of nitrogens with two attached hydrogens (primary N) is 1. The second-order valence-electron chi connectivity index (χ2n) is 4.55. The molecule has 0 saturated carbocycles. The molecule has 0 aliphatic heterocycles. The van der Waals surface area contributed by atoms with E-state index in [4.69, 9.17) is 5.73 Å². The van der Waals surface area contributed by atoms with Crippen LogP contribution in [0.15, 0.2) is 28.9 Å². The van der Waals surface area contributed by atoms with Gasteiger partial charge in [0, 0.05) is 41.1 Å². The topological polar surface area (TPSA) is 72.9 Å². The molecule has 0 bridgehead atoms. The highest BCUT2D eigenvalue weighted by Crippen LogP contribution is 2.20. The Morgan fingerprint density at radius 1 is 1.50 bits per heavy atom. The van der Waals surface area contributed by atoms with Crippen molar-refractivity contribution in [2.45, 2.75) is 19.9 Å². The molecule has 6 heteroatoms. The van der Waals surface area contributed by atoms with Crippen LogP contribution in [0.1, 0.15) is 28.5 Å². The molecule has 1 amide bonds. The van der Waals surface area contributed by atoms with Gasteiger partial charge in [-0.3, -0.25) is 9.48 Å². The molecule has 0 aliphatic rings. The SMILES string of the molecule is CCc1nn(C)cc1CNC(=O)c1ccc(N)c(Br)c1. The van der Waals surface area contributed by atoms with E-state index in [9.17, 15) is 4.79 Å². The molecule has 0 fully saturated rings. The normalized spacial score (nSPS) is 10.6. The van der Waals surface area contributed by atoms with Crippen molar-refractivity contribution in [2.24, 2.45) is 7.05 Å². The predicted octanol–water partition coefficient (Wildman–Crippen LogP) is 2.26. The fourth-order valence-corrected chi connectivity index (χ4v) is 2.35. The molecule has 1 aromatic heterocycles. The lowest BCUT2D eigenvalue weighted by Crippen LogP contribution is -2.23. The van der Waals surface area contributed by atoms with E-state index in [0.717, 1.165) is 22.2 Å². The van der Waals surface area contributed by atoms with Gasteiger partial charge in [0.2, 0.25) is 0 Å². The number of nitrogen functional groups attached to an aromatic ring is 1. The predicted molar refractivity (Wildman–Crippen MR) is 82.3 cm³/mol. The first kappa shape index (κ1) is 14.6. The largest absolute Gasteiger partial charge is 0.398 e. The lowest BCUT2D eigenvalue weighted by molar-refractivity contribution is 0.0951. The Morgan fingerprint density at radius 3 is 2.90 bits per heavy atom. The van der Waals surface area contributed by atoms with Crippen molar-refractivity contribution in [3.05, 3.63) is 45.7 Å². The van der Waals surface area contributed by atoms with Gasteiger partial charge in [-0.05, 0) is 40.5 Å². The average Bonchev–Trinajstić information content (AvgIpc) is 2.79. The molecule has 0 unspecified atom stereocenters. The van der Waals surface area contributed by atoms with E-state index >= 15 is 0 Å². The maximum Gasteiger partial charge on any atom is 0.251 e. The summed E-state index contributed by atoms with van der Waals surface area (Å²) < 4.78 is 2.49. The van der Waals surface area contributed by atoms with Crippen LogP contribution in [0, 0.1) is 0 Å². The van der Waals surface area contributed by atoms with Crippen molar-refractivity contribution < 1.29 is 4.79 Å². The molecule has 3 N–H and O–H groups in total. The molecule has 0 spiro atoms. The minimum atomic E-state index is -0.128. The highest BCUT2D eigenvalue weighted by molar-refractivity contribution is 9.10. The number of aromatic nitrogens is 2. The molecular formula is C14H17BrN4O. The number of hydrogen-bond donors (Lipinski definition) is 2. The second-order valence-corrected chi connectivity index (χ2v) is 5.40. The molecule has 2 rings (SSSR count). The van der Waals surface area contributed by atoms with Gasteiger partial charge in [0.05, 0.1) is 5.69 Å². The van der Waals surface area contributed by atoms with Crippen LogP contribution in [-0.4, -0.2) is 15.7 Å². The van der Waals surface area contributed by atoms with E-state index in [2.05, 4.69) is 26.3 Å². The van der Waals surface area contributed by atoms with Gasteiger partial charge in [-0.2, -0.15) is 5.10 Å².